The van der Waals surface area contributed by atoms with Gasteiger partial charge in [-0.25, -0.2) is 13.8 Å². The molecule has 0 spiro atoms. The van der Waals surface area contributed by atoms with Gasteiger partial charge in [-0.2, -0.15) is 26.3 Å². The molecule has 0 bridgehead atoms. The predicted octanol–water partition coefficient (Wildman–Crippen LogP) is 3.13. The topological polar surface area (TPSA) is 53.2 Å². The standard InChI is InChI=1S/C16H8ClF7N2O3/c1-3-4-29-10-6-9(8(18)5-7(10)17)26-13(27)11(19)12(25(2)14(26)28)15(20,21)16(22,23)24/h1,5-6H,4H2,2H3. The Morgan fingerprint density at radius 1 is 1.17 bits per heavy atom. The molecule has 0 amide bonds. The highest BCUT2D eigenvalue weighted by Gasteiger charge is 2.62. The number of hydrogen-bond acceptors (Lipinski definition) is 3. The van der Waals surface area contributed by atoms with E-state index in [4.69, 9.17) is 22.8 Å². The molecular weight excluding hydrogens is 437 g/mol. The molecule has 29 heavy (non-hydrogen) atoms. The molecule has 0 aliphatic heterocycles. The summed E-state index contributed by atoms with van der Waals surface area (Å²) in [6, 6.07) is 1.18. The van der Waals surface area contributed by atoms with Crippen molar-refractivity contribution in [2.75, 3.05) is 6.61 Å². The SMILES string of the molecule is C#CCOc1cc(-n2c(=O)c(F)c(C(F)(F)C(F)(F)F)n(C)c2=O)c(F)cc1Cl. The molecule has 0 fully saturated rings. The summed E-state index contributed by atoms with van der Waals surface area (Å²) < 4.78 is 97.7. The lowest BCUT2D eigenvalue weighted by Crippen LogP contribution is -2.47. The number of alkyl halides is 5. The summed E-state index contributed by atoms with van der Waals surface area (Å²) in [7, 11) is 0.361. The third-order valence-electron chi connectivity index (χ3n) is 3.62. The summed E-state index contributed by atoms with van der Waals surface area (Å²) in [5.74, 6) is -8.19. The van der Waals surface area contributed by atoms with Crippen molar-refractivity contribution in [3.63, 3.8) is 0 Å². The molecule has 2 aromatic rings. The molecule has 0 aliphatic rings. The Morgan fingerprint density at radius 3 is 2.28 bits per heavy atom. The largest absolute Gasteiger partial charge is 0.479 e. The average Bonchev–Trinajstić information content (AvgIpc) is 2.60. The van der Waals surface area contributed by atoms with E-state index in [0.29, 0.717) is 19.2 Å². The first-order valence-corrected chi connectivity index (χ1v) is 7.65. The highest BCUT2D eigenvalue weighted by atomic mass is 35.5. The van der Waals surface area contributed by atoms with Gasteiger partial charge in [0.25, 0.3) is 5.56 Å². The van der Waals surface area contributed by atoms with E-state index in [1.54, 1.807) is 0 Å². The third-order valence-corrected chi connectivity index (χ3v) is 3.91. The second-order valence-corrected chi connectivity index (χ2v) is 5.85. The molecule has 1 aromatic heterocycles. The van der Waals surface area contributed by atoms with Crippen LogP contribution in [0.15, 0.2) is 21.7 Å². The van der Waals surface area contributed by atoms with E-state index in [-0.39, 0.29) is 21.9 Å². The molecule has 0 N–H and O–H groups in total. The monoisotopic (exact) mass is 444 g/mol. The van der Waals surface area contributed by atoms with Crippen LogP contribution >= 0.6 is 11.6 Å². The van der Waals surface area contributed by atoms with Gasteiger partial charge in [0, 0.05) is 13.1 Å². The van der Waals surface area contributed by atoms with E-state index in [1.165, 1.54) is 0 Å². The minimum Gasteiger partial charge on any atom is -0.479 e. The van der Waals surface area contributed by atoms with Gasteiger partial charge in [0.1, 0.15) is 23.9 Å². The molecule has 1 aromatic carbocycles. The molecule has 5 nitrogen and oxygen atoms in total. The van der Waals surface area contributed by atoms with Crippen LogP contribution in [0.2, 0.25) is 5.02 Å². The van der Waals surface area contributed by atoms with Gasteiger partial charge in [-0.15, -0.1) is 6.42 Å². The Bertz CT molecular complexity index is 1090. The van der Waals surface area contributed by atoms with Gasteiger partial charge >= 0.3 is 17.8 Å². The van der Waals surface area contributed by atoms with E-state index >= 15 is 0 Å². The third kappa shape index (κ3) is 3.69. The van der Waals surface area contributed by atoms with Crippen LogP contribution in [0, 0.1) is 24.0 Å². The van der Waals surface area contributed by atoms with Gasteiger partial charge in [-0.05, 0) is 6.07 Å². The first-order valence-electron chi connectivity index (χ1n) is 7.28. The zero-order chi connectivity index (χ0) is 22.3. The Hall–Kier alpha value is -2.94. The molecule has 2 rings (SSSR count). The number of terminal acetylenes is 1. The quantitative estimate of drug-likeness (QED) is 0.538. The Labute approximate surface area is 161 Å². The van der Waals surface area contributed by atoms with Crippen molar-refractivity contribution in [2.24, 2.45) is 7.05 Å². The maximum atomic E-state index is 14.2. The van der Waals surface area contributed by atoms with Gasteiger partial charge in [0.05, 0.1) is 10.7 Å². The summed E-state index contributed by atoms with van der Waals surface area (Å²) in [5.41, 5.74) is -7.64. The lowest BCUT2D eigenvalue weighted by atomic mass is 10.2. The number of hydrogen-bond donors (Lipinski definition) is 0. The first-order chi connectivity index (χ1) is 13.3. The van der Waals surface area contributed by atoms with Crippen LogP contribution in [0.1, 0.15) is 5.69 Å². The van der Waals surface area contributed by atoms with Crippen LogP contribution in [-0.2, 0) is 13.0 Å². The molecule has 0 unspecified atom stereocenters. The lowest BCUT2D eigenvalue weighted by molar-refractivity contribution is -0.293. The number of benzene rings is 1. The molecule has 156 valence electrons. The van der Waals surface area contributed by atoms with Crippen LogP contribution in [0.4, 0.5) is 30.7 Å². The van der Waals surface area contributed by atoms with Crippen LogP contribution in [0.5, 0.6) is 5.75 Å². The van der Waals surface area contributed by atoms with Crippen LogP contribution in [-0.4, -0.2) is 21.9 Å². The van der Waals surface area contributed by atoms with E-state index < -0.39 is 50.9 Å². The van der Waals surface area contributed by atoms with Crippen LogP contribution in [0.25, 0.3) is 5.69 Å². The molecule has 0 aliphatic carbocycles. The number of ether oxygens (including phenoxy) is 1. The Kier molecular flexibility index (Phi) is 5.76. The summed E-state index contributed by atoms with van der Waals surface area (Å²) in [6.45, 7) is -0.386. The number of halogens is 8. The maximum absolute atomic E-state index is 14.2. The van der Waals surface area contributed by atoms with E-state index in [2.05, 4.69) is 0 Å². The minimum atomic E-state index is -6.31. The molecule has 13 heteroatoms. The van der Waals surface area contributed by atoms with Crippen molar-refractivity contribution < 1.29 is 35.5 Å². The number of aromatic nitrogens is 2. The molecule has 0 radical (unpaired) electrons. The summed E-state index contributed by atoms with van der Waals surface area (Å²) in [6.07, 6.45) is -1.33. The zero-order valence-corrected chi connectivity index (χ0v) is 14.8. The highest BCUT2D eigenvalue weighted by Crippen LogP contribution is 2.43. The molecule has 1 heterocycles. The zero-order valence-electron chi connectivity index (χ0n) is 14.1. The first kappa shape index (κ1) is 22.4. The smallest absolute Gasteiger partial charge is 0.459 e. The normalized spacial score (nSPS) is 12.0. The summed E-state index contributed by atoms with van der Waals surface area (Å²) in [4.78, 5) is 24.4. The summed E-state index contributed by atoms with van der Waals surface area (Å²) >= 11 is 5.70. The fourth-order valence-electron chi connectivity index (χ4n) is 2.29. The highest BCUT2D eigenvalue weighted by molar-refractivity contribution is 6.32. The minimum absolute atomic E-state index is 0.278. The summed E-state index contributed by atoms with van der Waals surface area (Å²) in [5, 5.41) is -0.368. The van der Waals surface area contributed by atoms with Crippen molar-refractivity contribution in [2.45, 2.75) is 12.1 Å². The molecule has 0 atom stereocenters. The van der Waals surface area contributed by atoms with Crippen molar-refractivity contribution in [1.82, 2.24) is 9.13 Å². The van der Waals surface area contributed by atoms with E-state index in [9.17, 15) is 40.3 Å². The van der Waals surface area contributed by atoms with Crippen molar-refractivity contribution in [3.05, 3.63) is 55.3 Å². The van der Waals surface area contributed by atoms with Gasteiger partial charge in [0.15, 0.2) is 0 Å². The predicted molar refractivity (Wildman–Crippen MR) is 86.5 cm³/mol. The number of rotatable bonds is 4. The second kappa shape index (κ2) is 7.47. The maximum Gasteiger partial charge on any atom is 0.459 e. The second-order valence-electron chi connectivity index (χ2n) is 5.44. The lowest BCUT2D eigenvalue weighted by Gasteiger charge is -2.23. The molecular formula is C16H8ClF7N2O3. The van der Waals surface area contributed by atoms with Crippen molar-refractivity contribution in [3.8, 4) is 23.8 Å². The van der Waals surface area contributed by atoms with Gasteiger partial charge in [0.2, 0.25) is 5.82 Å². The van der Waals surface area contributed by atoms with Gasteiger partial charge in [-0.1, -0.05) is 17.5 Å². The Morgan fingerprint density at radius 2 is 1.76 bits per heavy atom. The fourth-order valence-corrected chi connectivity index (χ4v) is 2.50. The fraction of sp³-hybridized carbons (Fsp3) is 0.250. The molecule has 0 saturated heterocycles. The van der Waals surface area contributed by atoms with Gasteiger partial charge < -0.3 is 4.74 Å². The van der Waals surface area contributed by atoms with Crippen molar-refractivity contribution in [1.29, 1.82) is 0 Å². The Balaban J connectivity index is 2.88. The average molecular weight is 445 g/mol. The van der Waals surface area contributed by atoms with Gasteiger partial charge in [-0.3, -0.25) is 9.36 Å². The van der Waals surface area contributed by atoms with Crippen LogP contribution < -0.4 is 16.0 Å². The molecule has 0 saturated carbocycles. The van der Waals surface area contributed by atoms with E-state index in [0.717, 1.165) is 0 Å². The number of nitrogens with zero attached hydrogens (tertiary/aromatic N) is 2. The van der Waals surface area contributed by atoms with Crippen LogP contribution in [0.3, 0.4) is 0 Å². The van der Waals surface area contributed by atoms with Crippen molar-refractivity contribution >= 4 is 11.6 Å². The van der Waals surface area contributed by atoms with E-state index in [1.807, 2.05) is 5.92 Å².